The highest BCUT2D eigenvalue weighted by Gasteiger charge is 2.24. The second kappa shape index (κ2) is 14.7. The molecular formula is C60H38N4O. The van der Waals surface area contributed by atoms with E-state index in [2.05, 4.69) is 222 Å². The van der Waals surface area contributed by atoms with Gasteiger partial charge in [0, 0.05) is 49.1 Å². The number of aromatic nitrogens is 2. The van der Waals surface area contributed by atoms with Crippen molar-refractivity contribution < 1.29 is 4.42 Å². The largest absolute Gasteiger partial charge is 0.454 e. The minimum absolute atomic E-state index is 0.563. The first-order valence-corrected chi connectivity index (χ1v) is 21.9. The fourth-order valence-corrected chi connectivity index (χ4v) is 10.00. The highest BCUT2D eigenvalue weighted by atomic mass is 16.3. The Labute approximate surface area is 373 Å². The van der Waals surface area contributed by atoms with E-state index in [1.54, 1.807) is 0 Å². The number of furan rings is 1. The van der Waals surface area contributed by atoms with Crippen molar-refractivity contribution in [3.8, 4) is 11.4 Å². The maximum Gasteiger partial charge on any atom is 0.161 e. The van der Waals surface area contributed by atoms with Gasteiger partial charge in [-0.2, -0.15) is 0 Å². The average Bonchev–Trinajstić information content (AvgIpc) is 4.03. The van der Waals surface area contributed by atoms with Crippen LogP contribution in [0.5, 0.6) is 0 Å². The van der Waals surface area contributed by atoms with E-state index in [4.69, 9.17) is 14.4 Å². The first-order valence-electron chi connectivity index (χ1n) is 21.9. The summed E-state index contributed by atoms with van der Waals surface area (Å²) in [6.45, 7) is 4.26. The van der Waals surface area contributed by atoms with Crippen LogP contribution in [0.4, 0.5) is 5.69 Å². The second-order valence-electron chi connectivity index (χ2n) is 16.6. The normalized spacial score (nSPS) is 12.6. The summed E-state index contributed by atoms with van der Waals surface area (Å²) in [7, 11) is 0. The number of benzene rings is 10. The highest BCUT2D eigenvalue weighted by molar-refractivity contribution is 6.26. The first-order chi connectivity index (χ1) is 32.2. The Hall–Kier alpha value is -8.80. The number of allylic oxidation sites excluding steroid dienone is 1. The van der Waals surface area contributed by atoms with Gasteiger partial charge in [-0.15, -0.1) is 0 Å². The van der Waals surface area contributed by atoms with Crippen molar-refractivity contribution >= 4 is 104 Å². The summed E-state index contributed by atoms with van der Waals surface area (Å²) in [5.74, 6) is 0.563. The van der Waals surface area contributed by atoms with Crippen LogP contribution in [0.1, 0.15) is 11.1 Å². The van der Waals surface area contributed by atoms with Crippen molar-refractivity contribution in [3.05, 3.63) is 236 Å². The van der Waals surface area contributed by atoms with Gasteiger partial charge in [-0.05, 0) is 82.2 Å². The van der Waals surface area contributed by atoms with E-state index in [0.717, 1.165) is 94.1 Å². The van der Waals surface area contributed by atoms with Gasteiger partial charge in [-0.3, -0.25) is 0 Å². The minimum Gasteiger partial charge on any atom is -0.454 e. The monoisotopic (exact) mass is 830 g/mol. The van der Waals surface area contributed by atoms with Crippen LogP contribution in [0.25, 0.3) is 98.5 Å². The van der Waals surface area contributed by atoms with Gasteiger partial charge in [0.1, 0.15) is 5.58 Å². The molecule has 3 aromatic heterocycles. The molecule has 0 fully saturated rings. The minimum atomic E-state index is 0.563. The standard InChI is InChI=1S/C60H38N4O/c1-2-51(42-31-30-38-16-6-8-18-40(38)36-42)62-60(61-43-33-32-39-17-7-9-19-41(39)37-43)50-25-15-29-55-56(50)49-24-14-28-54(59(49)65-55)64-53-27-13-11-23-46(53)48-35-34-47-45-22-10-12-26-52(45)63(57(47)58(48)64)44-20-4-3-5-21-44/h2-37H,1H2. The van der Waals surface area contributed by atoms with Crippen LogP contribution in [0.15, 0.2) is 239 Å². The molecule has 0 atom stereocenters. The van der Waals surface area contributed by atoms with Gasteiger partial charge in [0.05, 0.1) is 39.2 Å². The zero-order valence-corrected chi connectivity index (χ0v) is 35.2. The van der Waals surface area contributed by atoms with Crippen LogP contribution >= 0.6 is 0 Å². The van der Waals surface area contributed by atoms with E-state index in [0.29, 0.717) is 5.84 Å². The molecule has 0 saturated heterocycles. The van der Waals surface area contributed by atoms with E-state index in [-0.39, 0.29) is 0 Å². The molecule has 5 heteroatoms. The van der Waals surface area contributed by atoms with Crippen LogP contribution in [0.2, 0.25) is 0 Å². The Bertz CT molecular complexity index is 4140. The molecule has 5 nitrogen and oxygen atoms in total. The fraction of sp³-hybridized carbons (Fsp3) is 0. The molecule has 10 aromatic carbocycles. The van der Waals surface area contributed by atoms with Gasteiger partial charge >= 0.3 is 0 Å². The summed E-state index contributed by atoms with van der Waals surface area (Å²) in [4.78, 5) is 10.8. The molecule has 0 unspecified atom stereocenters. The molecule has 0 N–H and O–H groups in total. The van der Waals surface area contributed by atoms with Gasteiger partial charge in [-0.1, -0.05) is 164 Å². The molecule has 304 valence electrons. The first kappa shape index (κ1) is 36.8. The third kappa shape index (κ3) is 5.79. The van der Waals surface area contributed by atoms with E-state index >= 15 is 0 Å². The number of amidine groups is 1. The molecule has 0 aliphatic heterocycles. The third-order valence-corrected chi connectivity index (χ3v) is 12.9. The van der Waals surface area contributed by atoms with Crippen LogP contribution < -0.4 is 0 Å². The summed E-state index contributed by atoms with van der Waals surface area (Å²) in [5, 5.41) is 11.2. The van der Waals surface area contributed by atoms with Crippen molar-refractivity contribution in [2.75, 3.05) is 0 Å². The van der Waals surface area contributed by atoms with Crippen LogP contribution in [-0.2, 0) is 0 Å². The lowest BCUT2D eigenvalue weighted by Crippen LogP contribution is -2.05. The van der Waals surface area contributed by atoms with E-state index in [1.807, 2.05) is 12.1 Å². The summed E-state index contributed by atoms with van der Waals surface area (Å²) in [6, 6.07) is 74.8. The molecule has 0 bridgehead atoms. The SMILES string of the molecule is C=CC(=NC(=Nc1ccc2ccccc2c1)c1cccc2oc3c(-n4c5ccccc5c5ccc6c7ccccc7n(-c7ccccc7)c6c54)cccc3c12)c1ccc2ccccc2c1. The smallest absolute Gasteiger partial charge is 0.161 e. The quantitative estimate of drug-likeness (QED) is 0.122. The Kier molecular flexibility index (Phi) is 8.30. The topological polar surface area (TPSA) is 47.7 Å². The number of rotatable bonds is 6. The summed E-state index contributed by atoms with van der Waals surface area (Å²) >= 11 is 0. The molecule has 65 heavy (non-hydrogen) atoms. The molecule has 0 spiro atoms. The van der Waals surface area contributed by atoms with Gasteiger partial charge < -0.3 is 13.6 Å². The predicted octanol–water partition coefficient (Wildman–Crippen LogP) is 15.8. The number of fused-ring (bicyclic) bond motifs is 12. The number of nitrogens with zero attached hydrogens (tertiary/aromatic N) is 4. The average molecular weight is 831 g/mol. The highest BCUT2D eigenvalue weighted by Crippen LogP contribution is 2.44. The zero-order valence-electron chi connectivity index (χ0n) is 35.2. The van der Waals surface area contributed by atoms with Crippen LogP contribution in [-0.4, -0.2) is 20.7 Å². The Morgan fingerprint density at radius 2 is 1.08 bits per heavy atom. The van der Waals surface area contributed by atoms with Crippen molar-refractivity contribution in [1.29, 1.82) is 0 Å². The van der Waals surface area contributed by atoms with E-state index < -0.39 is 0 Å². The lowest BCUT2D eigenvalue weighted by atomic mass is 10.0. The molecule has 13 aromatic rings. The third-order valence-electron chi connectivity index (χ3n) is 12.9. The molecule has 0 radical (unpaired) electrons. The molecule has 0 aliphatic rings. The maximum atomic E-state index is 7.10. The summed E-state index contributed by atoms with van der Waals surface area (Å²) in [5.41, 5.74) is 11.5. The fourth-order valence-electron chi connectivity index (χ4n) is 10.00. The maximum absolute atomic E-state index is 7.10. The van der Waals surface area contributed by atoms with Crippen molar-refractivity contribution in [3.63, 3.8) is 0 Å². The summed E-state index contributed by atoms with van der Waals surface area (Å²) in [6.07, 6.45) is 1.82. The molecule has 0 aliphatic carbocycles. The van der Waals surface area contributed by atoms with Gasteiger partial charge in [-0.25, -0.2) is 9.98 Å². The second-order valence-corrected chi connectivity index (χ2v) is 16.6. The Balaban J connectivity index is 1.09. The molecule has 0 amide bonds. The predicted molar refractivity (Wildman–Crippen MR) is 273 cm³/mol. The number of hydrogen-bond acceptors (Lipinski definition) is 2. The Morgan fingerprint density at radius 1 is 0.477 bits per heavy atom. The van der Waals surface area contributed by atoms with E-state index in [1.165, 1.54) is 26.9 Å². The number of para-hydroxylation sites is 4. The van der Waals surface area contributed by atoms with Crippen molar-refractivity contribution in [2.45, 2.75) is 0 Å². The molecule has 3 heterocycles. The van der Waals surface area contributed by atoms with Crippen LogP contribution in [0, 0.1) is 0 Å². The number of aliphatic imine (C=N–C) groups is 2. The zero-order chi connectivity index (χ0) is 43.0. The summed E-state index contributed by atoms with van der Waals surface area (Å²) < 4.78 is 11.9. The molecular weight excluding hydrogens is 793 g/mol. The van der Waals surface area contributed by atoms with Crippen LogP contribution in [0.3, 0.4) is 0 Å². The van der Waals surface area contributed by atoms with Crippen molar-refractivity contribution in [1.82, 2.24) is 9.13 Å². The van der Waals surface area contributed by atoms with Gasteiger partial charge in [0.25, 0.3) is 0 Å². The van der Waals surface area contributed by atoms with Gasteiger partial charge in [0.15, 0.2) is 11.4 Å². The van der Waals surface area contributed by atoms with E-state index in [9.17, 15) is 0 Å². The molecule has 13 rings (SSSR count). The Morgan fingerprint density at radius 3 is 1.82 bits per heavy atom. The van der Waals surface area contributed by atoms with Gasteiger partial charge in [0.2, 0.25) is 0 Å². The lowest BCUT2D eigenvalue weighted by Gasteiger charge is -2.13. The number of hydrogen-bond donors (Lipinski definition) is 0. The molecule has 0 saturated carbocycles. The lowest BCUT2D eigenvalue weighted by molar-refractivity contribution is 0.666. The van der Waals surface area contributed by atoms with Crippen molar-refractivity contribution in [2.24, 2.45) is 9.98 Å².